The molecule has 0 rings (SSSR count). The summed E-state index contributed by atoms with van der Waals surface area (Å²) < 4.78 is 0. The van der Waals surface area contributed by atoms with E-state index in [1.54, 1.807) is 22.2 Å². The fourth-order valence-electron chi connectivity index (χ4n) is 0. The molecule has 7 heavy (non-hydrogen) atoms. The SMILES string of the molecule is [F-].[F-].[F-].[F-].[F-].[SiH3][SbH+5]. The maximum atomic E-state index is 1.69. The van der Waals surface area contributed by atoms with Crippen molar-refractivity contribution in [2.45, 2.75) is 0 Å². The fraction of sp³-hybridized carbons (Fsp3) is 0. The van der Waals surface area contributed by atoms with Crippen molar-refractivity contribution >= 4 is 29.9 Å². The summed E-state index contributed by atoms with van der Waals surface area (Å²) in [6.45, 7) is 0. The van der Waals surface area contributed by atoms with E-state index in [0.29, 0.717) is 0 Å². The van der Waals surface area contributed by atoms with Crippen molar-refractivity contribution in [3.63, 3.8) is 0 Å². The third-order valence-electron chi connectivity index (χ3n) is 0. The van der Waals surface area contributed by atoms with Gasteiger partial charge in [0, 0.05) is 0 Å². The molecular weight excluding hydrogens is 245 g/mol. The third kappa shape index (κ3) is 313. The van der Waals surface area contributed by atoms with Crippen LogP contribution < -0.4 is 23.5 Å². The van der Waals surface area contributed by atoms with Crippen LogP contribution in [0, 0.1) is 0 Å². The number of rotatable bonds is 0. The van der Waals surface area contributed by atoms with Gasteiger partial charge in [0.1, 0.15) is 0 Å². The molecule has 0 aliphatic heterocycles. The van der Waals surface area contributed by atoms with Crippen LogP contribution in [0.1, 0.15) is 0 Å². The summed E-state index contributed by atoms with van der Waals surface area (Å²) in [6, 6.07) is 0. The van der Waals surface area contributed by atoms with E-state index in [4.69, 9.17) is 0 Å². The van der Waals surface area contributed by atoms with Crippen molar-refractivity contribution in [1.29, 1.82) is 0 Å². The van der Waals surface area contributed by atoms with E-state index >= 15 is 0 Å². The van der Waals surface area contributed by atoms with Crippen molar-refractivity contribution < 1.29 is 23.5 Å². The normalized spacial score (nSPS) is 1.29. The van der Waals surface area contributed by atoms with Gasteiger partial charge < -0.3 is 23.5 Å². The summed E-state index contributed by atoms with van der Waals surface area (Å²) in [4.78, 5) is 0. The Morgan fingerprint density at radius 1 is 0.571 bits per heavy atom. The van der Waals surface area contributed by atoms with Crippen LogP contribution in [0.25, 0.3) is 0 Å². The summed E-state index contributed by atoms with van der Waals surface area (Å²) in [5, 5.41) is 0. The summed E-state index contributed by atoms with van der Waals surface area (Å²) >= 11 is 1.69. The van der Waals surface area contributed by atoms with E-state index in [-0.39, 0.29) is 23.5 Å². The molecule has 0 amide bonds. The van der Waals surface area contributed by atoms with Crippen molar-refractivity contribution in [3.8, 4) is 0 Å². The zero-order valence-corrected chi connectivity index (χ0v) is 8.24. The van der Waals surface area contributed by atoms with Gasteiger partial charge in [-0.15, -0.1) is 0 Å². The zero-order valence-electron chi connectivity index (χ0n) is 3.39. The Balaban J connectivity index is -0.000000000500. The molecule has 0 heterocycles. The molecule has 0 aliphatic rings. The van der Waals surface area contributed by atoms with E-state index in [2.05, 4.69) is 0 Å². The minimum absolute atomic E-state index is 0. The molecule has 48 valence electrons. The van der Waals surface area contributed by atoms with Crippen LogP contribution >= 0.6 is 0 Å². The van der Waals surface area contributed by atoms with Crippen molar-refractivity contribution in [2.24, 2.45) is 0 Å². The number of hydrogen-bond donors (Lipinski definition) is 0. The molecule has 0 N–H and O–H groups in total. The predicted octanol–water partition coefficient (Wildman–Crippen LogP) is -16.8. The van der Waals surface area contributed by atoms with E-state index in [9.17, 15) is 0 Å². The Labute approximate surface area is 53.8 Å². The van der Waals surface area contributed by atoms with Crippen LogP contribution in [-0.2, 0) is 0 Å². The number of hydrogen-bond acceptors (Lipinski definition) is 0. The van der Waals surface area contributed by atoms with E-state index < -0.39 is 0 Å². The Kier molecular flexibility index (Phi) is 7960. The van der Waals surface area contributed by atoms with Crippen LogP contribution in [-0.4, -0.2) is 29.9 Å². The molecule has 0 unspecified atom stereocenters. The Morgan fingerprint density at radius 3 is 0.571 bits per heavy atom. The molecule has 0 nitrogen and oxygen atoms in total. The molecule has 0 aromatic heterocycles. The van der Waals surface area contributed by atoms with Gasteiger partial charge in [0.25, 0.3) is 0 Å². The molecule has 0 aliphatic carbocycles. The molecule has 0 bridgehead atoms. The first-order valence-electron chi connectivity index (χ1n) is 0.500. The zero-order chi connectivity index (χ0) is 2.00. The first-order valence-corrected chi connectivity index (χ1v) is 10.1. The molecule has 0 fully saturated rings. The molecule has 0 saturated heterocycles. The Bertz CT molecular complexity index is 8.04. The first-order chi connectivity index (χ1) is 1.00. The van der Waals surface area contributed by atoms with Gasteiger partial charge in [-0.1, -0.05) is 0 Å². The second-order valence-corrected chi connectivity index (χ2v) is 0. The van der Waals surface area contributed by atoms with Gasteiger partial charge in [0.15, 0.2) is 0 Å². The van der Waals surface area contributed by atoms with E-state index in [0.717, 1.165) is 0 Å². The Morgan fingerprint density at radius 2 is 0.571 bits per heavy atom. The van der Waals surface area contributed by atoms with Crippen LogP contribution in [0.2, 0.25) is 0 Å². The average molecular weight is 249 g/mol. The molecular formula is H4F5SbSi. The molecule has 0 aromatic rings. The van der Waals surface area contributed by atoms with E-state index in [1.165, 1.54) is 7.66 Å². The summed E-state index contributed by atoms with van der Waals surface area (Å²) in [5.74, 6) is 0. The van der Waals surface area contributed by atoms with Crippen LogP contribution in [0.4, 0.5) is 0 Å². The van der Waals surface area contributed by atoms with Gasteiger partial charge >= 0.3 is 29.9 Å². The predicted molar refractivity (Wildman–Crippen MR) is 17.1 cm³/mol. The summed E-state index contributed by atoms with van der Waals surface area (Å²) in [5.41, 5.74) is 0. The molecule has 7 heteroatoms. The van der Waals surface area contributed by atoms with E-state index in [1.807, 2.05) is 0 Å². The first kappa shape index (κ1) is 121. The molecule has 0 atom stereocenters. The van der Waals surface area contributed by atoms with Crippen LogP contribution in [0.3, 0.4) is 0 Å². The summed E-state index contributed by atoms with van der Waals surface area (Å²) in [7, 11) is 1.40. The van der Waals surface area contributed by atoms with Gasteiger partial charge in [-0.2, -0.15) is 0 Å². The molecule has 6 radical (unpaired) electrons. The van der Waals surface area contributed by atoms with Gasteiger partial charge in [0.05, 0.1) is 0 Å². The van der Waals surface area contributed by atoms with Crippen LogP contribution in [0.15, 0.2) is 0 Å². The summed E-state index contributed by atoms with van der Waals surface area (Å²) in [6.07, 6.45) is 0. The van der Waals surface area contributed by atoms with Gasteiger partial charge in [0.2, 0.25) is 0 Å². The Hall–Kier alpha value is 0.685. The van der Waals surface area contributed by atoms with Gasteiger partial charge in [-0.3, -0.25) is 0 Å². The third-order valence-corrected chi connectivity index (χ3v) is 0. The monoisotopic (exact) mass is 248 g/mol. The maximum absolute atomic E-state index is 1.69. The second-order valence-electron chi connectivity index (χ2n) is 0. The average Bonchev–Trinajstić information content (AvgIpc) is 1.00. The van der Waals surface area contributed by atoms with Crippen molar-refractivity contribution in [2.75, 3.05) is 0 Å². The second kappa shape index (κ2) is 460. The van der Waals surface area contributed by atoms with Gasteiger partial charge in [-0.05, 0) is 0 Å². The van der Waals surface area contributed by atoms with Crippen molar-refractivity contribution in [3.05, 3.63) is 0 Å². The molecule has 0 spiro atoms. The molecule has 0 saturated carbocycles. The topological polar surface area (TPSA) is 0 Å². The number of halogens is 5. The fourth-order valence-corrected chi connectivity index (χ4v) is 0. The van der Waals surface area contributed by atoms with Crippen LogP contribution in [0.5, 0.6) is 0 Å². The van der Waals surface area contributed by atoms with Gasteiger partial charge in [-0.25, -0.2) is 0 Å². The minimum atomic E-state index is 0. The standard InChI is InChI=1S/5FH.Sb.H3Si.H/h5*1H;;1H3;/q;;;;;+5;;/p-5. The molecule has 0 aromatic carbocycles. The quantitative estimate of drug-likeness (QED) is 0.295. The van der Waals surface area contributed by atoms with Crippen molar-refractivity contribution in [1.82, 2.24) is 0 Å².